The number of nitrogens with zero attached hydrogens (tertiary/aromatic N) is 1. The molecule has 0 saturated carbocycles. The van der Waals surface area contributed by atoms with Crippen LogP contribution in [0.1, 0.15) is 37.2 Å². The van der Waals surface area contributed by atoms with Crippen molar-refractivity contribution in [1.82, 2.24) is 5.32 Å². The second-order valence-electron chi connectivity index (χ2n) is 7.91. The van der Waals surface area contributed by atoms with Gasteiger partial charge in [-0.05, 0) is 47.9 Å². The van der Waals surface area contributed by atoms with Gasteiger partial charge in [0, 0.05) is 0 Å². The molecule has 3 aromatic carbocycles. The molecule has 7 nitrogen and oxygen atoms in total. The molecule has 0 spiro atoms. The Labute approximate surface area is 200 Å². The maximum atomic E-state index is 14.5. The van der Waals surface area contributed by atoms with Gasteiger partial charge in [-0.2, -0.15) is 5.26 Å². The van der Waals surface area contributed by atoms with Crippen LogP contribution in [0.5, 0.6) is 11.5 Å². The summed E-state index contributed by atoms with van der Waals surface area (Å²) in [6, 6.07) is 24.9. The Morgan fingerprint density at radius 3 is 2.06 bits per heavy atom. The van der Waals surface area contributed by atoms with Gasteiger partial charge in [0.2, 0.25) is 5.91 Å². The Morgan fingerprint density at radius 1 is 1.00 bits per heavy atom. The van der Waals surface area contributed by atoms with E-state index in [4.69, 9.17) is 14.8 Å². The maximum Gasteiger partial charge on any atom is 0.457 e. The maximum absolute atomic E-state index is 14.5. The molecule has 2 unspecified atom stereocenters. The summed E-state index contributed by atoms with van der Waals surface area (Å²) >= 11 is 0. The minimum atomic E-state index is -4.15. The van der Waals surface area contributed by atoms with Crippen LogP contribution in [-0.2, 0) is 9.36 Å². The van der Waals surface area contributed by atoms with Crippen LogP contribution in [0.4, 0.5) is 0 Å². The molecule has 0 saturated heterocycles. The van der Waals surface area contributed by atoms with Crippen LogP contribution in [0, 0.1) is 17.2 Å². The predicted molar refractivity (Wildman–Crippen MR) is 131 cm³/mol. The fourth-order valence-electron chi connectivity index (χ4n) is 3.25. The van der Waals surface area contributed by atoms with Crippen molar-refractivity contribution < 1.29 is 18.4 Å². The molecule has 3 aromatic rings. The number of benzene rings is 3. The number of amides is 1. The molecule has 3 N–H and O–H groups in total. The zero-order chi connectivity index (χ0) is 24.6. The molecule has 0 radical (unpaired) electrons. The van der Waals surface area contributed by atoms with E-state index in [1.165, 1.54) is 0 Å². The van der Waals surface area contributed by atoms with Gasteiger partial charge in [0.25, 0.3) is 0 Å². The monoisotopic (exact) mass is 477 g/mol. The number of nitrogens with one attached hydrogen (secondary N) is 1. The summed E-state index contributed by atoms with van der Waals surface area (Å²) in [7, 11) is -4.15. The van der Waals surface area contributed by atoms with Crippen LogP contribution >= 0.6 is 7.60 Å². The second kappa shape index (κ2) is 11.5. The summed E-state index contributed by atoms with van der Waals surface area (Å²) in [6.07, 6.45) is 0.696. The third kappa shape index (κ3) is 6.26. The fourth-order valence-corrected chi connectivity index (χ4v) is 5.14. The van der Waals surface area contributed by atoms with E-state index in [0.29, 0.717) is 29.0 Å². The SMILES string of the molecule is CCC(C)[C@H](N)C(=O)NC(c1cccc(C#N)c1)P(=O)(Oc1ccccc1)Oc1ccccc1. The third-order valence-corrected chi connectivity index (χ3v) is 7.43. The molecule has 0 heterocycles. The summed E-state index contributed by atoms with van der Waals surface area (Å²) in [5.41, 5.74) is 6.91. The minimum Gasteiger partial charge on any atom is -0.414 e. The zero-order valence-electron chi connectivity index (χ0n) is 19.1. The van der Waals surface area contributed by atoms with Gasteiger partial charge in [-0.15, -0.1) is 0 Å². The number of hydrogen-bond donors (Lipinski definition) is 2. The fraction of sp³-hybridized carbons (Fsp3) is 0.231. The summed E-state index contributed by atoms with van der Waals surface area (Å²) in [6.45, 7) is 3.81. The highest BCUT2D eigenvalue weighted by molar-refractivity contribution is 7.55. The lowest BCUT2D eigenvalue weighted by atomic mass is 9.99. The van der Waals surface area contributed by atoms with Crippen molar-refractivity contribution in [3.05, 3.63) is 96.1 Å². The van der Waals surface area contributed by atoms with E-state index >= 15 is 0 Å². The predicted octanol–water partition coefficient (Wildman–Crippen LogP) is 5.40. The first-order chi connectivity index (χ1) is 16.4. The van der Waals surface area contributed by atoms with Crippen molar-refractivity contribution in [2.24, 2.45) is 11.7 Å². The smallest absolute Gasteiger partial charge is 0.414 e. The van der Waals surface area contributed by atoms with Gasteiger partial charge in [-0.3, -0.25) is 4.79 Å². The minimum absolute atomic E-state index is 0.101. The number of rotatable bonds is 10. The normalized spacial score (nSPS) is 13.7. The number of nitrogens with two attached hydrogens (primary N) is 1. The van der Waals surface area contributed by atoms with Crippen molar-refractivity contribution >= 4 is 13.5 Å². The Bertz CT molecular complexity index is 1140. The number of hydrogen-bond acceptors (Lipinski definition) is 6. The Balaban J connectivity index is 2.10. The highest BCUT2D eigenvalue weighted by Gasteiger charge is 2.43. The quantitative estimate of drug-likeness (QED) is 0.378. The van der Waals surface area contributed by atoms with E-state index < -0.39 is 25.3 Å². The number of nitriles is 1. The summed E-state index contributed by atoms with van der Waals surface area (Å²) < 4.78 is 26.4. The molecule has 1 amide bonds. The van der Waals surface area contributed by atoms with Gasteiger partial charge in [-0.1, -0.05) is 68.8 Å². The first kappa shape index (κ1) is 25.0. The molecular formula is C26H28N3O4P. The molecule has 0 aliphatic rings. The molecule has 8 heteroatoms. The second-order valence-corrected chi connectivity index (χ2v) is 9.87. The van der Waals surface area contributed by atoms with Crippen molar-refractivity contribution in [3.63, 3.8) is 0 Å². The first-order valence-corrected chi connectivity index (χ1v) is 12.6. The topological polar surface area (TPSA) is 114 Å². The lowest BCUT2D eigenvalue weighted by molar-refractivity contribution is -0.123. The van der Waals surface area contributed by atoms with E-state index in [9.17, 15) is 14.6 Å². The van der Waals surface area contributed by atoms with Crippen molar-refractivity contribution in [1.29, 1.82) is 5.26 Å². The first-order valence-electron chi connectivity index (χ1n) is 11.0. The molecule has 0 fully saturated rings. The van der Waals surface area contributed by atoms with Gasteiger partial charge in [0.1, 0.15) is 11.5 Å². The van der Waals surface area contributed by atoms with Gasteiger partial charge < -0.3 is 20.1 Å². The van der Waals surface area contributed by atoms with Gasteiger partial charge in [0.15, 0.2) is 5.78 Å². The van der Waals surface area contributed by atoms with Crippen molar-refractivity contribution in [2.45, 2.75) is 32.1 Å². The molecule has 34 heavy (non-hydrogen) atoms. The largest absolute Gasteiger partial charge is 0.457 e. The molecule has 0 bridgehead atoms. The average molecular weight is 478 g/mol. The standard InChI is InChI=1S/C26H28N3O4P/c1-3-19(2)24(28)25(30)29-26(21-12-10-11-20(17-21)18-27)34(31,32-22-13-6-4-7-14-22)33-23-15-8-5-9-16-23/h4-17,19,24,26H,3,28H2,1-2H3,(H,29,30)/t19?,24-,26?/m0/s1. The molecular weight excluding hydrogens is 449 g/mol. The third-order valence-electron chi connectivity index (χ3n) is 5.44. The van der Waals surface area contributed by atoms with Crippen LogP contribution in [0.15, 0.2) is 84.9 Å². The number of para-hydroxylation sites is 2. The van der Waals surface area contributed by atoms with Crippen LogP contribution < -0.4 is 20.1 Å². The highest BCUT2D eigenvalue weighted by Crippen LogP contribution is 2.59. The molecule has 0 aliphatic heterocycles. The van der Waals surface area contributed by atoms with Crippen LogP contribution in [0.3, 0.4) is 0 Å². The summed E-state index contributed by atoms with van der Waals surface area (Å²) in [5.74, 6) is -1.19. The number of carbonyl (C=O) groups excluding carboxylic acids is 1. The summed E-state index contributed by atoms with van der Waals surface area (Å²) in [4.78, 5) is 13.1. The van der Waals surface area contributed by atoms with Crippen molar-refractivity contribution in [2.75, 3.05) is 0 Å². The van der Waals surface area contributed by atoms with Gasteiger partial charge >= 0.3 is 7.60 Å². The lowest BCUT2D eigenvalue weighted by Gasteiger charge is -2.30. The molecule has 176 valence electrons. The van der Waals surface area contributed by atoms with E-state index in [2.05, 4.69) is 11.4 Å². The van der Waals surface area contributed by atoms with E-state index in [1.54, 1.807) is 84.9 Å². The molecule has 3 atom stereocenters. The molecule has 0 aromatic heterocycles. The Kier molecular flexibility index (Phi) is 8.48. The van der Waals surface area contributed by atoms with Crippen LogP contribution in [0.25, 0.3) is 0 Å². The van der Waals surface area contributed by atoms with Crippen molar-refractivity contribution in [3.8, 4) is 17.6 Å². The highest BCUT2D eigenvalue weighted by atomic mass is 31.2. The number of carbonyl (C=O) groups is 1. The van der Waals surface area contributed by atoms with E-state index in [0.717, 1.165) is 0 Å². The van der Waals surface area contributed by atoms with Gasteiger partial charge in [0.05, 0.1) is 17.7 Å². The zero-order valence-corrected chi connectivity index (χ0v) is 20.0. The lowest BCUT2D eigenvalue weighted by Crippen LogP contribution is -2.46. The van der Waals surface area contributed by atoms with E-state index in [-0.39, 0.29) is 5.92 Å². The van der Waals surface area contributed by atoms with Crippen LogP contribution in [-0.4, -0.2) is 11.9 Å². The average Bonchev–Trinajstić information content (AvgIpc) is 2.87. The van der Waals surface area contributed by atoms with Gasteiger partial charge in [-0.25, -0.2) is 4.57 Å². The molecule has 3 rings (SSSR count). The molecule has 0 aliphatic carbocycles. The van der Waals surface area contributed by atoms with E-state index in [1.807, 2.05) is 13.8 Å². The Hall–Kier alpha value is -3.59. The summed E-state index contributed by atoms with van der Waals surface area (Å²) in [5, 5.41) is 12.2. The Morgan fingerprint density at radius 2 is 1.56 bits per heavy atom. The van der Waals surface area contributed by atoms with Crippen LogP contribution in [0.2, 0.25) is 0 Å².